The van der Waals surface area contributed by atoms with Crippen molar-refractivity contribution in [1.82, 2.24) is 4.90 Å². The van der Waals surface area contributed by atoms with Crippen LogP contribution in [0.25, 0.3) is 0 Å². The molecule has 0 unspecified atom stereocenters. The molecule has 2 N–H and O–H groups in total. The number of halogens is 1. The van der Waals surface area contributed by atoms with Crippen LogP contribution >= 0.6 is 11.6 Å². The fraction of sp³-hybridized carbons (Fsp3) is 0.467. The highest BCUT2D eigenvalue weighted by molar-refractivity contribution is 6.34. The normalized spacial score (nSPS) is 21.2. The number of hydrogen-bond donors (Lipinski definition) is 2. The van der Waals surface area contributed by atoms with E-state index < -0.39 is 0 Å². The molecule has 3 amide bonds. The van der Waals surface area contributed by atoms with Gasteiger partial charge in [0.15, 0.2) is 0 Å². The molecule has 1 aliphatic heterocycles. The zero-order valence-electron chi connectivity index (χ0n) is 12.4. The van der Waals surface area contributed by atoms with E-state index in [0.29, 0.717) is 16.4 Å². The largest absolute Gasteiger partial charge is 0.326 e. The van der Waals surface area contributed by atoms with Gasteiger partial charge < -0.3 is 15.5 Å². The number of carbonyl (C=O) groups is 2. The summed E-state index contributed by atoms with van der Waals surface area (Å²) in [7, 11) is 0. The van der Waals surface area contributed by atoms with E-state index in [-0.39, 0.29) is 24.0 Å². The van der Waals surface area contributed by atoms with Crippen molar-refractivity contribution in [2.24, 2.45) is 0 Å². The fourth-order valence-corrected chi connectivity index (χ4v) is 2.90. The lowest BCUT2D eigenvalue weighted by Gasteiger charge is -2.26. The summed E-state index contributed by atoms with van der Waals surface area (Å²) in [5.41, 5.74) is 1.15. The Bertz CT molecular complexity index is 552. The van der Waals surface area contributed by atoms with Gasteiger partial charge >= 0.3 is 6.03 Å². The molecule has 2 atom stereocenters. The SMILES string of the molecule is CC(=O)Nc1ccc(NC(=O)N2[C@@H](C)CC[C@@H]2C)c(Cl)c1. The van der Waals surface area contributed by atoms with Gasteiger partial charge in [-0.3, -0.25) is 4.79 Å². The van der Waals surface area contributed by atoms with Crippen LogP contribution in [0, 0.1) is 0 Å². The van der Waals surface area contributed by atoms with Crippen LogP contribution in [0.5, 0.6) is 0 Å². The Morgan fingerprint density at radius 2 is 1.81 bits per heavy atom. The fourth-order valence-electron chi connectivity index (χ4n) is 2.67. The van der Waals surface area contributed by atoms with Crippen LogP contribution < -0.4 is 10.6 Å². The third-order valence-electron chi connectivity index (χ3n) is 3.72. The van der Waals surface area contributed by atoms with Crippen LogP contribution in [-0.4, -0.2) is 28.9 Å². The number of carbonyl (C=O) groups excluding carboxylic acids is 2. The van der Waals surface area contributed by atoms with Gasteiger partial charge in [0.05, 0.1) is 10.7 Å². The van der Waals surface area contributed by atoms with E-state index in [2.05, 4.69) is 10.6 Å². The predicted molar refractivity (Wildman–Crippen MR) is 84.8 cm³/mol. The Kier molecular flexibility index (Phi) is 4.73. The molecular weight excluding hydrogens is 290 g/mol. The summed E-state index contributed by atoms with van der Waals surface area (Å²) in [5, 5.41) is 5.88. The summed E-state index contributed by atoms with van der Waals surface area (Å²) in [6.07, 6.45) is 2.04. The van der Waals surface area contributed by atoms with E-state index in [4.69, 9.17) is 11.6 Å². The maximum atomic E-state index is 12.3. The number of rotatable bonds is 2. The van der Waals surface area contributed by atoms with Gasteiger partial charge in [-0.15, -0.1) is 0 Å². The first-order chi connectivity index (χ1) is 9.88. The van der Waals surface area contributed by atoms with Gasteiger partial charge in [-0.2, -0.15) is 0 Å². The molecular formula is C15H20ClN3O2. The van der Waals surface area contributed by atoms with Gasteiger partial charge in [0.25, 0.3) is 0 Å². The number of urea groups is 1. The van der Waals surface area contributed by atoms with Crippen LogP contribution in [0.3, 0.4) is 0 Å². The van der Waals surface area contributed by atoms with Crippen molar-refractivity contribution >= 4 is 34.9 Å². The summed E-state index contributed by atoms with van der Waals surface area (Å²) in [6.45, 7) is 5.52. The van der Waals surface area contributed by atoms with Crippen LogP contribution in [0.1, 0.15) is 33.6 Å². The standard InChI is InChI=1S/C15H20ClN3O2/c1-9-4-5-10(2)19(9)15(21)18-14-7-6-12(8-13(14)16)17-11(3)20/h6-10H,4-5H2,1-3H3,(H,17,20)(H,18,21)/t9-,10-/m0/s1. The summed E-state index contributed by atoms with van der Waals surface area (Å²) in [4.78, 5) is 25.2. The lowest BCUT2D eigenvalue weighted by molar-refractivity contribution is -0.114. The van der Waals surface area contributed by atoms with E-state index >= 15 is 0 Å². The van der Waals surface area contributed by atoms with E-state index in [1.807, 2.05) is 18.7 Å². The molecule has 6 heteroatoms. The second-order valence-corrected chi connectivity index (χ2v) is 5.90. The van der Waals surface area contributed by atoms with Crippen molar-refractivity contribution < 1.29 is 9.59 Å². The Morgan fingerprint density at radius 3 is 2.33 bits per heavy atom. The lowest BCUT2D eigenvalue weighted by Crippen LogP contribution is -2.41. The smallest absolute Gasteiger partial charge is 0.322 e. The minimum absolute atomic E-state index is 0.137. The van der Waals surface area contributed by atoms with Crippen LogP contribution in [0.4, 0.5) is 16.2 Å². The van der Waals surface area contributed by atoms with Crippen molar-refractivity contribution in [1.29, 1.82) is 0 Å². The minimum Gasteiger partial charge on any atom is -0.326 e. The van der Waals surface area contributed by atoms with Crippen LogP contribution in [-0.2, 0) is 4.79 Å². The topological polar surface area (TPSA) is 61.4 Å². The molecule has 1 heterocycles. The molecule has 0 radical (unpaired) electrons. The van der Waals surface area contributed by atoms with E-state index in [9.17, 15) is 9.59 Å². The monoisotopic (exact) mass is 309 g/mol. The number of nitrogens with zero attached hydrogens (tertiary/aromatic N) is 1. The molecule has 0 saturated carbocycles. The number of nitrogens with one attached hydrogen (secondary N) is 2. The molecule has 0 bridgehead atoms. The zero-order valence-corrected chi connectivity index (χ0v) is 13.2. The third-order valence-corrected chi connectivity index (χ3v) is 4.03. The summed E-state index contributed by atoms with van der Waals surface area (Å²) in [6, 6.07) is 5.35. The second kappa shape index (κ2) is 6.35. The number of likely N-dealkylation sites (tertiary alicyclic amines) is 1. The van der Waals surface area contributed by atoms with E-state index in [1.165, 1.54) is 6.92 Å². The molecule has 5 nitrogen and oxygen atoms in total. The number of amides is 3. The van der Waals surface area contributed by atoms with Crippen molar-refractivity contribution in [3.63, 3.8) is 0 Å². The Balaban J connectivity index is 2.09. The average molecular weight is 310 g/mol. The number of anilines is 2. The Hall–Kier alpha value is -1.75. The van der Waals surface area contributed by atoms with Gasteiger partial charge in [-0.1, -0.05) is 11.6 Å². The molecule has 0 aliphatic carbocycles. The first kappa shape index (κ1) is 15.6. The highest BCUT2D eigenvalue weighted by Crippen LogP contribution is 2.28. The molecule has 0 aromatic heterocycles. The van der Waals surface area contributed by atoms with Gasteiger partial charge in [0.2, 0.25) is 5.91 Å². The third kappa shape index (κ3) is 3.67. The first-order valence-corrected chi connectivity index (χ1v) is 7.42. The maximum absolute atomic E-state index is 12.3. The van der Waals surface area contributed by atoms with Gasteiger partial charge in [0, 0.05) is 24.7 Å². The molecule has 1 fully saturated rings. The van der Waals surface area contributed by atoms with Crippen molar-refractivity contribution in [2.45, 2.75) is 45.7 Å². The molecule has 1 aliphatic rings. The average Bonchev–Trinajstić information content (AvgIpc) is 2.71. The van der Waals surface area contributed by atoms with Gasteiger partial charge in [-0.25, -0.2) is 4.79 Å². The van der Waals surface area contributed by atoms with Gasteiger partial charge in [0.1, 0.15) is 0 Å². The van der Waals surface area contributed by atoms with Crippen molar-refractivity contribution in [2.75, 3.05) is 10.6 Å². The number of hydrogen-bond acceptors (Lipinski definition) is 2. The van der Waals surface area contributed by atoms with E-state index in [1.54, 1.807) is 18.2 Å². The molecule has 1 aromatic carbocycles. The first-order valence-electron chi connectivity index (χ1n) is 7.05. The minimum atomic E-state index is -0.164. The maximum Gasteiger partial charge on any atom is 0.322 e. The molecule has 0 spiro atoms. The predicted octanol–water partition coefficient (Wildman–Crippen LogP) is 3.70. The quantitative estimate of drug-likeness (QED) is 0.875. The summed E-state index contributed by atoms with van der Waals surface area (Å²) < 4.78 is 0. The summed E-state index contributed by atoms with van der Waals surface area (Å²) in [5.74, 6) is -0.164. The highest BCUT2D eigenvalue weighted by Gasteiger charge is 2.31. The molecule has 1 saturated heterocycles. The Labute approximate surface area is 129 Å². The van der Waals surface area contributed by atoms with E-state index in [0.717, 1.165) is 12.8 Å². The molecule has 21 heavy (non-hydrogen) atoms. The van der Waals surface area contributed by atoms with Crippen molar-refractivity contribution in [3.8, 4) is 0 Å². The second-order valence-electron chi connectivity index (χ2n) is 5.49. The van der Waals surface area contributed by atoms with Gasteiger partial charge in [-0.05, 0) is 44.9 Å². The summed E-state index contributed by atoms with van der Waals surface area (Å²) >= 11 is 6.15. The molecule has 2 rings (SSSR count). The molecule has 114 valence electrons. The van der Waals surface area contributed by atoms with Crippen LogP contribution in [0.2, 0.25) is 5.02 Å². The highest BCUT2D eigenvalue weighted by atomic mass is 35.5. The van der Waals surface area contributed by atoms with Crippen molar-refractivity contribution in [3.05, 3.63) is 23.2 Å². The molecule has 1 aromatic rings. The lowest BCUT2D eigenvalue weighted by atomic mass is 10.2. The Morgan fingerprint density at radius 1 is 1.19 bits per heavy atom. The zero-order chi connectivity index (χ0) is 15.6. The number of benzene rings is 1. The van der Waals surface area contributed by atoms with Crippen LogP contribution in [0.15, 0.2) is 18.2 Å².